The highest BCUT2D eigenvalue weighted by atomic mass is 32.2. The molecule has 1 spiro atoms. The van der Waals surface area contributed by atoms with Crippen LogP contribution < -0.4 is 0 Å². The molecule has 1 saturated heterocycles. The fourth-order valence-corrected chi connectivity index (χ4v) is 8.40. The second kappa shape index (κ2) is 5.20. The third kappa shape index (κ3) is 2.06. The van der Waals surface area contributed by atoms with Gasteiger partial charge in [0.1, 0.15) is 0 Å². The molecule has 26 heavy (non-hydrogen) atoms. The largest absolute Gasteiger partial charge is 0.356 e. The van der Waals surface area contributed by atoms with Crippen LogP contribution in [0.4, 0.5) is 0 Å². The summed E-state index contributed by atoms with van der Waals surface area (Å²) in [4.78, 5) is 0. The van der Waals surface area contributed by atoms with E-state index in [0.717, 1.165) is 24.8 Å². The van der Waals surface area contributed by atoms with E-state index in [4.69, 9.17) is 4.52 Å². The molecule has 1 unspecified atom stereocenters. The standard InChI is InChI=1S/C20H24N2O3S/c1-19(2)15-8-9-20(19)13-26(23,24)22(18(20)10-15)12-16-11-17(25-21-16)14-6-4-3-5-7-14/h3-7,11,15,18H,8-10,12-13H2,1-2H3/t15-,18-,20?/m1/s1. The van der Waals surface area contributed by atoms with Crippen LogP contribution in [0.5, 0.6) is 0 Å². The van der Waals surface area contributed by atoms with Gasteiger partial charge in [0.15, 0.2) is 5.76 Å². The minimum Gasteiger partial charge on any atom is -0.356 e. The topological polar surface area (TPSA) is 63.4 Å². The van der Waals surface area contributed by atoms with Crippen molar-refractivity contribution in [3.63, 3.8) is 0 Å². The average molecular weight is 372 g/mol. The molecule has 3 atom stereocenters. The first kappa shape index (κ1) is 16.5. The van der Waals surface area contributed by atoms with Gasteiger partial charge in [-0.3, -0.25) is 0 Å². The second-order valence-electron chi connectivity index (χ2n) is 8.71. The Hall–Kier alpha value is -1.66. The first-order valence-electron chi connectivity index (χ1n) is 9.34. The van der Waals surface area contributed by atoms with E-state index in [9.17, 15) is 8.42 Å². The van der Waals surface area contributed by atoms with E-state index in [-0.39, 0.29) is 22.6 Å². The molecule has 0 amide bonds. The first-order chi connectivity index (χ1) is 12.3. The Morgan fingerprint density at radius 3 is 2.77 bits per heavy atom. The van der Waals surface area contributed by atoms with Crippen molar-refractivity contribution in [3.05, 3.63) is 42.1 Å². The third-order valence-electron chi connectivity index (χ3n) is 7.47. The van der Waals surface area contributed by atoms with Gasteiger partial charge in [0.05, 0.1) is 18.0 Å². The number of nitrogens with zero attached hydrogens (tertiary/aromatic N) is 2. The normalized spacial score (nSPS) is 34.2. The average Bonchev–Trinajstić information content (AvgIpc) is 3.28. The summed E-state index contributed by atoms with van der Waals surface area (Å²) in [7, 11) is -3.26. The summed E-state index contributed by atoms with van der Waals surface area (Å²) in [6.45, 7) is 4.86. The lowest BCUT2D eigenvalue weighted by atomic mass is 9.69. The highest BCUT2D eigenvalue weighted by Crippen LogP contribution is 2.70. The van der Waals surface area contributed by atoms with Crippen LogP contribution in [-0.4, -0.2) is 29.7 Å². The molecule has 3 fully saturated rings. The quantitative estimate of drug-likeness (QED) is 0.824. The summed E-state index contributed by atoms with van der Waals surface area (Å²) in [5.41, 5.74) is 1.64. The minimum absolute atomic E-state index is 0.0947. The van der Waals surface area contributed by atoms with Gasteiger partial charge in [-0.1, -0.05) is 49.3 Å². The molecule has 1 aliphatic heterocycles. The molecular weight excluding hydrogens is 348 g/mol. The highest BCUT2D eigenvalue weighted by Gasteiger charge is 2.71. The summed E-state index contributed by atoms with van der Waals surface area (Å²) in [5, 5.41) is 4.15. The fourth-order valence-electron chi connectivity index (χ4n) is 5.87. The smallest absolute Gasteiger partial charge is 0.215 e. The maximum absolute atomic E-state index is 13.0. The third-order valence-corrected chi connectivity index (χ3v) is 9.45. The number of hydrogen-bond donors (Lipinski definition) is 0. The van der Waals surface area contributed by atoms with Gasteiger partial charge >= 0.3 is 0 Å². The molecule has 2 aliphatic carbocycles. The van der Waals surface area contributed by atoms with Gasteiger partial charge in [0, 0.05) is 23.1 Å². The van der Waals surface area contributed by atoms with Crippen molar-refractivity contribution in [1.29, 1.82) is 0 Å². The van der Waals surface area contributed by atoms with Crippen LogP contribution in [0, 0.1) is 16.7 Å². The first-order valence-corrected chi connectivity index (χ1v) is 10.9. The molecule has 5 nitrogen and oxygen atoms in total. The van der Waals surface area contributed by atoms with E-state index >= 15 is 0 Å². The Morgan fingerprint density at radius 1 is 1.27 bits per heavy atom. The number of rotatable bonds is 3. The van der Waals surface area contributed by atoms with E-state index in [0.29, 0.717) is 23.9 Å². The number of sulfonamides is 1. The maximum Gasteiger partial charge on any atom is 0.215 e. The molecular formula is C20H24N2O3S. The van der Waals surface area contributed by atoms with Gasteiger partial charge < -0.3 is 4.52 Å². The van der Waals surface area contributed by atoms with Gasteiger partial charge in [-0.25, -0.2) is 8.42 Å². The Bertz CT molecular complexity index is 950. The summed E-state index contributed by atoms with van der Waals surface area (Å²) in [5.74, 6) is 1.60. The molecule has 2 saturated carbocycles. The van der Waals surface area contributed by atoms with E-state index in [2.05, 4.69) is 19.0 Å². The Kier molecular flexibility index (Phi) is 3.30. The molecule has 0 radical (unpaired) electrons. The zero-order chi connectivity index (χ0) is 18.2. The van der Waals surface area contributed by atoms with Gasteiger partial charge in [-0.05, 0) is 30.6 Å². The van der Waals surface area contributed by atoms with Crippen molar-refractivity contribution < 1.29 is 12.9 Å². The van der Waals surface area contributed by atoms with Crippen LogP contribution >= 0.6 is 0 Å². The van der Waals surface area contributed by atoms with Crippen molar-refractivity contribution >= 4 is 10.0 Å². The van der Waals surface area contributed by atoms with Crippen LogP contribution in [0.1, 0.15) is 38.8 Å². The van der Waals surface area contributed by atoms with E-state index in [1.807, 2.05) is 36.4 Å². The lowest BCUT2D eigenvalue weighted by molar-refractivity contribution is 0.111. The number of hydrogen-bond acceptors (Lipinski definition) is 4. The molecule has 1 aromatic carbocycles. The summed E-state index contributed by atoms with van der Waals surface area (Å²) in [6.07, 6.45) is 3.17. The monoisotopic (exact) mass is 372 g/mol. The Morgan fingerprint density at radius 2 is 2.04 bits per heavy atom. The minimum atomic E-state index is -3.26. The van der Waals surface area contributed by atoms with Gasteiger partial charge in [0.25, 0.3) is 0 Å². The van der Waals surface area contributed by atoms with E-state index in [1.54, 1.807) is 4.31 Å². The fraction of sp³-hybridized carbons (Fsp3) is 0.550. The van der Waals surface area contributed by atoms with Crippen molar-refractivity contribution in [2.24, 2.45) is 16.7 Å². The molecule has 5 rings (SSSR count). The van der Waals surface area contributed by atoms with Crippen molar-refractivity contribution in [2.75, 3.05) is 5.75 Å². The molecule has 138 valence electrons. The molecule has 3 aliphatic rings. The van der Waals surface area contributed by atoms with Gasteiger partial charge in [-0.2, -0.15) is 4.31 Å². The molecule has 0 N–H and O–H groups in total. The molecule has 1 aromatic heterocycles. The molecule has 2 aromatic rings. The van der Waals surface area contributed by atoms with Gasteiger partial charge in [0.2, 0.25) is 10.0 Å². The lowest BCUT2D eigenvalue weighted by Crippen LogP contribution is -2.41. The lowest BCUT2D eigenvalue weighted by Gasteiger charge is -2.37. The predicted octanol–water partition coefficient (Wildman–Crippen LogP) is 3.68. The zero-order valence-electron chi connectivity index (χ0n) is 15.2. The summed E-state index contributed by atoms with van der Waals surface area (Å²) >= 11 is 0. The maximum atomic E-state index is 13.0. The molecule has 2 bridgehead atoms. The predicted molar refractivity (Wildman–Crippen MR) is 98.6 cm³/mol. The number of fused-ring (bicyclic) bond motifs is 1. The summed E-state index contributed by atoms with van der Waals surface area (Å²) < 4.78 is 33.2. The van der Waals surface area contributed by atoms with Gasteiger partial charge in [-0.15, -0.1) is 0 Å². The number of benzene rings is 1. The Balaban J connectivity index is 1.46. The Labute approximate surface area is 154 Å². The van der Waals surface area contributed by atoms with Crippen LogP contribution in [0.2, 0.25) is 0 Å². The van der Waals surface area contributed by atoms with E-state index < -0.39 is 10.0 Å². The zero-order valence-corrected chi connectivity index (χ0v) is 16.0. The van der Waals surface area contributed by atoms with Crippen LogP contribution in [0.15, 0.2) is 40.9 Å². The van der Waals surface area contributed by atoms with Crippen LogP contribution in [-0.2, 0) is 16.6 Å². The SMILES string of the molecule is CC1(C)[C@@H]2CCC13CS(=O)(=O)N(Cc1cc(-c4ccccc4)on1)[C@@H]3C2. The van der Waals surface area contributed by atoms with Crippen molar-refractivity contribution in [2.45, 2.75) is 45.7 Å². The van der Waals surface area contributed by atoms with Crippen LogP contribution in [0.25, 0.3) is 11.3 Å². The van der Waals surface area contributed by atoms with Crippen molar-refractivity contribution in [1.82, 2.24) is 9.46 Å². The van der Waals surface area contributed by atoms with Crippen molar-refractivity contribution in [3.8, 4) is 11.3 Å². The van der Waals surface area contributed by atoms with E-state index in [1.165, 1.54) is 0 Å². The number of aromatic nitrogens is 1. The molecule has 2 heterocycles. The second-order valence-corrected chi connectivity index (χ2v) is 10.6. The summed E-state index contributed by atoms with van der Waals surface area (Å²) in [6, 6.07) is 11.8. The van der Waals surface area contributed by atoms with Crippen LogP contribution in [0.3, 0.4) is 0 Å². The highest BCUT2D eigenvalue weighted by molar-refractivity contribution is 7.89. The molecule has 6 heteroatoms.